The normalized spacial score (nSPS) is 10.9. The molecule has 1 rings (SSSR count). The predicted octanol–water partition coefficient (Wildman–Crippen LogP) is 5.45. The molecule has 1 aromatic carbocycles. The highest BCUT2D eigenvalue weighted by Crippen LogP contribution is 2.26. The van der Waals surface area contributed by atoms with Crippen LogP contribution >= 0.6 is 15.9 Å². The Morgan fingerprint density at radius 2 is 1.53 bits per heavy atom. The van der Waals surface area contributed by atoms with Crippen LogP contribution in [-0.2, 0) is 0 Å². The Balaban J connectivity index is 2.84. The maximum atomic E-state index is 3.72. The van der Waals surface area contributed by atoms with Crippen LogP contribution in [0.15, 0.2) is 16.6 Å². The molecule has 0 amide bonds. The van der Waals surface area contributed by atoms with Gasteiger partial charge in [0, 0.05) is 16.2 Å². The number of aryl methyl sites for hydroxylation is 2. The van der Waals surface area contributed by atoms with E-state index in [9.17, 15) is 0 Å². The molecule has 1 aromatic rings. The van der Waals surface area contributed by atoms with E-state index in [1.54, 1.807) is 0 Å². The molecule has 2 heteroatoms. The topological polar surface area (TPSA) is 12.0 Å². The Hall–Kier alpha value is -0.500. The van der Waals surface area contributed by atoms with E-state index < -0.39 is 0 Å². The van der Waals surface area contributed by atoms with E-state index in [0.29, 0.717) is 6.04 Å². The fourth-order valence-corrected chi connectivity index (χ4v) is 3.01. The zero-order valence-corrected chi connectivity index (χ0v) is 13.0. The van der Waals surface area contributed by atoms with Crippen molar-refractivity contribution in [1.82, 2.24) is 0 Å². The van der Waals surface area contributed by atoms with Gasteiger partial charge in [0.2, 0.25) is 0 Å². The average molecular weight is 298 g/mol. The largest absolute Gasteiger partial charge is 0.382 e. The first-order valence-corrected chi connectivity index (χ1v) is 7.41. The number of benzene rings is 1. The van der Waals surface area contributed by atoms with E-state index in [1.807, 2.05) is 0 Å². The number of halogens is 1. The Labute approximate surface area is 114 Å². The van der Waals surface area contributed by atoms with Crippen LogP contribution in [0.3, 0.4) is 0 Å². The van der Waals surface area contributed by atoms with Crippen LogP contribution in [0.2, 0.25) is 0 Å². The van der Waals surface area contributed by atoms with Gasteiger partial charge < -0.3 is 5.32 Å². The van der Waals surface area contributed by atoms with Crippen LogP contribution < -0.4 is 5.32 Å². The summed E-state index contributed by atoms with van der Waals surface area (Å²) in [4.78, 5) is 0. The molecule has 0 aliphatic rings. The highest BCUT2D eigenvalue weighted by molar-refractivity contribution is 9.10. The van der Waals surface area contributed by atoms with Crippen LogP contribution in [-0.4, -0.2) is 6.04 Å². The van der Waals surface area contributed by atoms with Gasteiger partial charge in [-0.15, -0.1) is 0 Å². The van der Waals surface area contributed by atoms with Crippen molar-refractivity contribution in [2.75, 3.05) is 5.32 Å². The van der Waals surface area contributed by atoms with Crippen LogP contribution in [0.25, 0.3) is 0 Å². The molecule has 0 fully saturated rings. The third kappa shape index (κ3) is 4.34. The van der Waals surface area contributed by atoms with Gasteiger partial charge in [-0.25, -0.2) is 0 Å². The van der Waals surface area contributed by atoms with Crippen molar-refractivity contribution >= 4 is 21.6 Å². The van der Waals surface area contributed by atoms with E-state index >= 15 is 0 Å². The molecule has 17 heavy (non-hydrogen) atoms. The molecular weight excluding hydrogens is 274 g/mol. The Kier molecular flexibility index (Phi) is 6.04. The van der Waals surface area contributed by atoms with Gasteiger partial charge in [0.05, 0.1) is 0 Å². The molecule has 0 aliphatic carbocycles. The smallest absolute Gasteiger partial charge is 0.0402 e. The summed E-state index contributed by atoms with van der Waals surface area (Å²) in [6.07, 6.45) is 4.99. The second-order valence-electron chi connectivity index (χ2n) is 4.83. The molecule has 0 radical (unpaired) electrons. The lowest BCUT2D eigenvalue weighted by molar-refractivity contribution is 0.585. The summed E-state index contributed by atoms with van der Waals surface area (Å²) in [5.41, 5.74) is 3.98. The van der Waals surface area contributed by atoms with Gasteiger partial charge in [-0.05, 0) is 49.9 Å². The summed E-state index contributed by atoms with van der Waals surface area (Å²) in [5, 5.41) is 3.72. The number of hydrogen-bond acceptors (Lipinski definition) is 1. The second kappa shape index (κ2) is 7.05. The summed E-state index contributed by atoms with van der Waals surface area (Å²) in [6, 6.07) is 4.98. The first kappa shape index (κ1) is 14.6. The first-order chi connectivity index (χ1) is 8.08. The molecule has 0 atom stereocenters. The molecule has 1 nitrogen and oxygen atoms in total. The molecule has 96 valence electrons. The standard InChI is InChI=1S/C15H24BrN/c1-5-7-14(8-6-2)17-15-11(3)9-13(16)10-12(15)4/h9-10,14,17H,5-8H2,1-4H3. The molecule has 0 saturated heterocycles. The maximum Gasteiger partial charge on any atom is 0.0402 e. The third-order valence-corrected chi connectivity index (χ3v) is 3.58. The summed E-state index contributed by atoms with van der Waals surface area (Å²) in [7, 11) is 0. The molecular formula is C15H24BrN. The van der Waals surface area contributed by atoms with Crippen molar-refractivity contribution < 1.29 is 0 Å². The Morgan fingerprint density at radius 1 is 1.06 bits per heavy atom. The summed E-state index contributed by atoms with van der Waals surface area (Å²) < 4.78 is 1.17. The van der Waals surface area contributed by atoms with E-state index in [2.05, 4.69) is 61.1 Å². The molecule has 1 N–H and O–H groups in total. The lowest BCUT2D eigenvalue weighted by Gasteiger charge is -2.22. The van der Waals surface area contributed by atoms with Gasteiger partial charge in [0.1, 0.15) is 0 Å². The van der Waals surface area contributed by atoms with Crippen molar-refractivity contribution in [3.05, 3.63) is 27.7 Å². The van der Waals surface area contributed by atoms with Crippen molar-refractivity contribution in [3.63, 3.8) is 0 Å². The minimum atomic E-state index is 0.614. The minimum absolute atomic E-state index is 0.614. The monoisotopic (exact) mass is 297 g/mol. The Bertz CT molecular complexity index is 331. The molecule has 0 spiro atoms. The van der Waals surface area contributed by atoms with Gasteiger partial charge in [-0.1, -0.05) is 42.6 Å². The number of rotatable bonds is 6. The summed E-state index contributed by atoms with van der Waals surface area (Å²) in [6.45, 7) is 8.86. The predicted molar refractivity (Wildman–Crippen MR) is 80.8 cm³/mol. The summed E-state index contributed by atoms with van der Waals surface area (Å²) in [5.74, 6) is 0. The van der Waals surface area contributed by atoms with Crippen LogP contribution in [0.5, 0.6) is 0 Å². The number of hydrogen-bond donors (Lipinski definition) is 1. The lowest BCUT2D eigenvalue weighted by atomic mass is 10.0. The molecule has 0 saturated carbocycles. The fraction of sp³-hybridized carbons (Fsp3) is 0.600. The average Bonchev–Trinajstić information content (AvgIpc) is 2.23. The van der Waals surface area contributed by atoms with Crippen molar-refractivity contribution in [1.29, 1.82) is 0 Å². The fourth-order valence-electron chi connectivity index (χ4n) is 2.33. The van der Waals surface area contributed by atoms with E-state index in [-0.39, 0.29) is 0 Å². The van der Waals surface area contributed by atoms with Crippen LogP contribution in [0.4, 0.5) is 5.69 Å². The van der Waals surface area contributed by atoms with Crippen molar-refractivity contribution in [2.45, 2.75) is 59.4 Å². The SMILES string of the molecule is CCCC(CCC)Nc1c(C)cc(Br)cc1C. The highest BCUT2D eigenvalue weighted by atomic mass is 79.9. The zero-order valence-electron chi connectivity index (χ0n) is 11.4. The molecule has 0 bridgehead atoms. The second-order valence-corrected chi connectivity index (χ2v) is 5.75. The lowest BCUT2D eigenvalue weighted by Crippen LogP contribution is -2.20. The summed E-state index contributed by atoms with van der Waals surface area (Å²) >= 11 is 3.55. The number of nitrogens with one attached hydrogen (secondary N) is 1. The van der Waals surface area contributed by atoms with Gasteiger partial charge in [-0.3, -0.25) is 0 Å². The third-order valence-electron chi connectivity index (χ3n) is 3.12. The van der Waals surface area contributed by atoms with E-state index in [4.69, 9.17) is 0 Å². The van der Waals surface area contributed by atoms with Crippen molar-refractivity contribution in [3.8, 4) is 0 Å². The van der Waals surface area contributed by atoms with E-state index in [1.165, 1.54) is 47.0 Å². The Morgan fingerprint density at radius 3 is 1.94 bits per heavy atom. The van der Waals surface area contributed by atoms with Gasteiger partial charge in [0.15, 0.2) is 0 Å². The molecule has 0 heterocycles. The molecule has 0 aromatic heterocycles. The number of anilines is 1. The van der Waals surface area contributed by atoms with Crippen molar-refractivity contribution in [2.24, 2.45) is 0 Å². The zero-order chi connectivity index (χ0) is 12.8. The first-order valence-electron chi connectivity index (χ1n) is 6.61. The van der Waals surface area contributed by atoms with Gasteiger partial charge in [0.25, 0.3) is 0 Å². The van der Waals surface area contributed by atoms with Crippen LogP contribution in [0.1, 0.15) is 50.7 Å². The van der Waals surface area contributed by atoms with Gasteiger partial charge >= 0.3 is 0 Å². The minimum Gasteiger partial charge on any atom is -0.382 e. The molecule has 0 unspecified atom stereocenters. The van der Waals surface area contributed by atoms with E-state index in [0.717, 1.165) is 0 Å². The highest BCUT2D eigenvalue weighted by Gasteiger charge is 2.10. The maximum absolute atomic E-state index is 3.72. The quantitative estimate of drug-likeness (QED) is 0.736. The van der Waals surface area contributed by atoms with Crippen LogP contribution in [0, 0.1) is 13.8 Å². The molecule has 0 aliphatic heterocycles. The van der Waals surface area contributed by atoms with Gasteiger partial charge in [-0.2, -0.15) is 0 Å².